The van der Waals surface area contributed by atoms with Crippen LogP contribution in [0.15, 0.2) is 30.5 Å². The smallest absolute Gasteiger partial charge is 0.184 e. The van der Waals surface area contributed by atoms with Crippen molar-refractivity contribution in [1.82, 2.24) is 4.98 Å². The molecule has 0 bridgehead atoms. The Labute approximate surface area is 104 Å². The van der Waals surface area contributed by atoms with Crippen LogP contribution < -0.4 is 15.8 Å². The summed E-state index contributed by atoms with van der Waals surface area (Å²) in [6.45, 7) is 0.813. The fourth-order valence-corrected chi connectivity index (χ4v) is 2.19. The molecule has 0 fully saturated rings. The van der Waals surface area contributed by atoms with E-state index in [1.165, 1.54) is 16.9 Å². The van der Waals surface area contributed by atoms with Crippen molar-refractivity contribution in [3.63, 3.8) is 0 Å². The number of nitrogens with two attached hydrogens (primary N) is 1. The standard InChI is InChI=1S/C12H15N3OS/c1-16-10-5-3-2-4-9(10)6-7-14-12-15-8-11(13)17-12/h2-5,8H,6-7,13H2,1H3,(H,14,15). The lowest BCUT2D eigenvalue weighted by Crippen LogP contribution is -2.05. The lowest BCUT2D eigenvalue weighted by atomic mass is 10.1. The minimum absolute atomic E-state index is 0.727. The number of ether oxygens (including phenoxy) is 1. The highest BCUT2D eigenvalue weighted by Crippen LogP contribution is 2.21. The molecule has 5 heteroatoms. The Hall–Kier alpha value is -1.75. The number of rotatable bonds is 5. The van der Waals surface area contributed by atoms with Gasteiger partial charge in [-0.2, -0.15) is 0 Å². The highest BCUT2D eigenvalue weighted by atomic mass is 32.1. The predicted octanol–water partition coefficient (Wildman–Crippen LogP) is 2.39. The maximum Gasteiger partial charge on any atom is 0.184 e. The summed E-state index contributed by atoms with van der Waals surface area (Å²) < 4.78 is 5.29. The maximum absolute atomic E-state index is 5.60. The molecular weight excluding hydrogens is 234 g/mol. The van der Waals surface area contributed by atoms with Crippen molar-refractivity contribution in [2.75, 3.05) is 24.7 Å². The summed E-state index contributed by atoms with van der Waals surface area (Å²) in [7, 11) is 1.69. The highest BCUT2D eigenvalue weighted by Gasteiger charge is 2.02. The summed E-state index contributed by atoms with van der Waals surface area (Å²) in [5.41, 5.74) is 6.79. The van der Waals surface area contributed by atoms with Crippen LogP contribution in [0.4, 0.5) is 10.1 Å². The summed E-state index contributed by atoms with van der Waals surface area (Å²) in [6, 6.07) is 8.02. The molecule has 4 nitrogen and oxygen atoms in total. The highest BCUT2D eigenvalue weighted by molar-refractivity contribution is 7.19. The van der Waals surface area contributed by atoms with E-state index in [0.29, 0.717) is 0 Å². The van der Waals surface area contributed by atoms with Crippen LogP contribution in [-0.4, -0.2) is 18.6 Å². The van der Waals surface area contributed by atoms with Gasteiger partial charge in [0.1, 0.15) is 10.8 Å². The number of nitrogen functional groups attached to an aromatic ring is 1. The van der Waals surface area contributed by atoms with Gasteiger partial charge in [0, 0.05) is 6.54 Å². The largest absolute Gasteiger partial charge is 0.496 e. The van der Waals surface area contributed by atoms with Gasteiger partial charge in [-0.05, 0) is 18.1 Å². The van der Waals surface area contributed by atoms with Crippen molar-refractivity contribution in [3.8, 4) is 5.75 Å². The molecule has 90 valence electrons. The minimum atomic E-state index is 0.727. The second-order valence-electron chi connectivity index (χ2n) is 3.56. The van der Waals surface area contributed by atoms with Crippen molar-refractivity contribution in [2.45, 2.75) is 6.42 Å². The third-order valence-electron chi connectivity index (χ3n) is 2.39. The average molecular weight is 249 g/mol. The molecule has 0 aliphatic carbocycles. The number of anilines is 2. The molecule has 0 aliphatic rings. The molecule has 0 spiro atoms. The number of thiazole rings is 1. The fourth-order valence-electron chi connectivity index (χ4n) is 1.58. The van der Waals surface area contributed by atoms with Gasteiger partial charge in [-0.1, -0.05) is 29.5 Å². The Balaban J connectivity index is 1.89. The van der Waals surface area contributed by atoms with Gasteiger partial charge in [-0.15, -0.1) is 0 Å². The Morgan fingerprint density at radius 2 is 2.24 bits per heavy atom. The van der Waals surface area contributed by atoms with Gasteiger partial charge in [-0.25, -0.2) is 4.98 Å². The quantitative estimate of drug-likeness (QED) is 0.854. The van der Waals surface area contributed by atoms with Crippen LogP contribution in [0.1, 0.15) is 5.56 Å². The second-order valence-corrected chi connectivity index (χ2v) is 4.62. The number of nitrogens with zero attached hydrogens (tertiary/aromatic N) is 1. The van der Waals surface area contributed by atoms with Crippen molar-refractivity contribution in [1.29, 1.82) is 0 Å². The normalized spacial score (nSPS) is 10.2. The van der Waals surface area contributed by atoms with E-state index < -0.39 is 0 Å². The second kappa shape index (κ2) is 5.54. The molecule has 1 heterocycles. The van der Waals surface area contributed by atoms with Crippen molar-refractivity contribution >= 4 is 21.5 Å². The first kappa shape index (κ1) is 11.7. The van der Waals surface area contributed by atoms with E-state index >= 15 is 0 Å². The van der Waals surface area contributed by atoms with Crippen LogP contribution in [0, 0.1) is 0 Å². The van der Waals surface area contributed by atoms with Gasteiger partial charge >= 0.3 is 0 Å². The molecular formula is C12H15N3OS. The Kier molecular flexibility index (Phi) is 3.82. The van der Waals surface area contributed by atoms with E-state index in [1.54, 1.807) is 13.3 Å². The molecule has 0 saturated carbocycles. The van der Waals surface area contributed by atoms with Crippen LogP contribution >= 0.6 is 11.3 Å². The van der Waals surface area contributed by atoms with Crippen LogP contribution in [0.2, 0.25) is 0 Å². The lowest BCUT2D eigenvalue weighted by molar-refractivity contribution is 0.410. The van der Waals surface area contributed by atoms with Crippen molar-refractivity contribution in [3.05, 3.63) is 36.0 Å². The van der Waals surface area contributed by atoms with Gasteiger partial charge in [-0.3, -0.25) is 0 Å². The monoisotopic (exact) mass is 249 g/mol. The molecule has 17 heavy (non-hydrogen) atoms. The Morgan fingerprint density at radius 1 is 1.41 bits per heavy atom. The number of hydrogen-bond acceptors (Lipinski definition) is 5. The van der Waals surface area contributed by atoms with Gasteiger partial charge in [0.15, 0.2) is 5.13 Å². The molecule has 0 saturated heterocycles. The Morgan fingerprint density at radius 3 is 2.94 bits per heavy atom. The molecule has 0 radical (unpaired) electrons. The first-order valence-corrected chi connectivity index (χ1v) is 6.18. The molecule has 0 aliphatic heterocycles. The maximum atomic E-state index is 5.60. The van der Waals surface area contributed by atoms with E-state index in [-0.39, 0.29) is 0 Å². The first-order chi connectivity index (χ1) is 8.29. The summed E-state index contributed by atoms with van der Waals surface area (Å²) in [5.74, 6) is 0.924. The summed E-state index contributed by atoms with van der Waals surface area (Å²) in [4.78, 5) is 4.14. The molecule has 1 aromatic heterocycles. The van der Waals surface area contributed by atoms with Crippen LogP contribution in [0.3, 0.4) is 0 Å². The zero-order valence-electron chi connectivity index (χ0n) is 9.64. The van der Waals surface area contributed by atoms with Gasteiger partial charge < -0.3 is 15.8 Å². The van der Waals surface area contributed by atoms with E-state index in [1.807, 2.05) is 18.2 Å². The number of aromatic nitrogens is 1. The van der Waals surface area contributed by atoms with Gasteiger partial charge in [0.25, 0.3) is 0 Å². The molecule has 1 aromatic carbocycles. The fraction of sp³-hybridized carbons (Fsp3) is 0.250. The number of methoxy groups -OCH3 is 1. The minimum Gasteiger partial charge on any atom is -0.496 e. The summed E-state index contributed by atoms with van der Waals surface area (Å²) in [6.07, 6.45) is 2.56. The average Bonchev–Trinajstić information content (AvgIpc) is 2.76. The van der Waals surface area contributed by atoms with E-state index in [9.17, 15) is 0 Å². The number of para-hydroxylation sites is 1. The zero-order chi connectivity index (χ0) is 12.1. The van der Waals surface area contributed by atoms with Gasteiger partial charge in [0.2, 0.25) is 0 Å². The van der Waals surface area contributed by atoms with Crippen LogP contribution in [-0.2, 0) is 6.42 Å². The summed E-state index contributed by atoms with van der Waals surface area (Å²) >= 11 is 1.46. The van der Waals surface area contributed by atoms with Crippen molar-refractivity contribution in [2.24, 2.45) is 0 Å². The topological polar surface area (TPSA) is 60.2 Å². The van der Waals surface area contributed by atoms with Crippen LogP contribution in [0.5, 0.6) is 5.75 Å². The molecule has 0 unspecified atom stereocenters. The molecule has 0 atom stereocenters. The first-order valence-electron chi connectivity index (χ1n) is 5.36. The number of hydrogen-bond donors (Lipinski definition) is 2. The van der Waals surface area contributed by atoms with Gasteiger partial charge in [0.05, 0.1) is 13.3 Å². The molecule has 3 N–H and O–H groups in total. The lowest BCUT2D eigenvalue weighted by Gasteiger charge is -2.08. The van der Waals surface area contributed by atoms with E-state index in [2.05, 4.69) is 16.4 Å². The van der Waals surface area contributed by atoms with E-state index in [4.69, 9.17) is 10.5 Å². The molecule has 0 amide bonds. The number of nitrogens with one attached hydrogen (secondary N) is 1. The van der Waals surface area contributed by atoms with E-state index in [0.717, 1.165) is 28.8 Å². The number of benzene rings is 1. The van der Waals surface area contributed by atoms with Crippen LogP contribution in [0.25, 0.3) is 0 Å². The Bertz CT molecular complexity index is 484. The zero-order valence-corrected chi connectivity index (χ0v) is 10.5. The molecule has 2 rings (SSSR count). The molecule has 2 aromatic rings. The summed E-state index contributed by atoms with van der Waals surface area (Å²) in [5, 5.41) is 4.82. The third-order valence-corrected chi connectivity index (χ3v) is 3.17. The SMILES string of the molecule is COc1ccccc1CCNc1ncc(N)s1. The predicted molar refractivity (Wildman–Crippen MR) is 71.7 cm³/mol. The van der Waals surface area contributed by atoms with Crippen molar-refractivity contribution < 1.29 is 4.74 Å². The third kappa shape index (κ3) is 3.10.